The second-order valence-electron chi connectivity index (χ2n) is 9.76. The lowest BCUT2D eigenvalue weighted by Gasteiger charge is -2.59. The largest absolute Gasteiger partial charge is 0.383 e. The lowest BCUT2D eigenvalue weighted by atomic mass is 9.73. The Bertz CT molecular complexity index is 1140. The molecule has 0 radical (unpaired) electrons. The zero-order valence-electron chi connectivity index (χ0n) is 20.4. The molecular weight excluding hydrogens is 440 g/mol. The molecule has 2 aromatic carbocycles. The van der Waals surface area contributed by atoms with Crippen LogP contribution in [0.25, 0.3) is 0 Å². The fourth-order valence-corrected chi connectivity index (χ4v) is 5.68. The molecule has 3 atom stereocenters. The molecule has 0 aromatic heterocycles. The molecule has 6 heteroatoms. The lowest BCUT2D eigenvalue weighted by Crippen LogP contribution is -2.73. The molecule has 2 aromatic rings. The zero-order chi connectivity index (χ0) is 24.4. The van der Waals surface area contributed by atoms with Gasteiger partial charge < -0.3 is 19.3 Å². The number of benzene rings is 2. The van der Waals surface area contributed by atoms with Gasteiger partial charge in [-0.25, -0.2) is 0 Å². The van der Waals surface area contributed by atoms with Gasteiger partial charge in [-0.2, -0.15) is 0 Å². The van der Waals surface area contributed by atoms with E-state index in [1.54, 1.807) is 12.0 Å². The third-order valence-corrected chi connectivity index (χ3v) is 7.45. The highest BCUT2D eigenvalue weighted by Crippen LogP contribution is 2.43. The number of rotatable bonds is 4. The zero-order valence-corrected chi connectivity index (χ0v) is 20.4. The van der Waals surface area contributed by atoms with Crippen molar-refractivity contribution in [3.63, 3.8) is 0 Å². The van der Waals surface area contributed by atoms with Crippen LogP contribution in [0.5, 0.6) is 0 Å². The molecule has 3 aliphatic rings. The Kier molecular flexibility index (Phi) is 6.90. The monoisotopic (exact) mass is 472 g/mol. The molecule has 0 bridgehead atoms. The van der Waals surface area contributed by atoms with Gasteiger partial charge in [0, 0.05) is 49.8 Å². The van der Waals surface area contributed by atoms with Gasteiger partial charge in [0.2, 0.25) is 11.8 Å². The Balaban J connectivity index is 1.33. The van der Waals surface area contributed by atoms with Crippen LogP contribution in [0.15, 0.2) is 48.5 Å². The van der Waals surface area contributed by atoms with Crippen LogP contribution in [-0.2, 0) is 19.1 Å². The molecule has 3 fully saturated rings. The molecular formula is C29H32N2O4. The van der Waals surface area contributed by atoms with Crippen LogP contribution < -0.4 is 0 Å². The van der Waals surface area contributed by atoms with E-state index in [-0.39, 0.29) is 42.3 Å². The second kappa shape index (κ2) is 10.2. The standard InChI is InChI=1S/C29H32N2O4/c1-20-4-3-5-22(16-20)7-6-21-8-10-23(11-9-21)28-25-17-30(29(33)24-12-14-35-15-13-24)18-27(32)31(25)26(28)19-34-2/h3-5,8-11,16,24-26,28H,12-15,17-19H2,1-2H3/t25-,26-,28-/m1/s1. The predicted molar refractivity (Wildman–Crippen MR) is 133 cm³/mol. The molecule has 2 amide bonds. The molecule has 3 aliphatic heterocycles. The number of fused-ring (bicyclic) bond motifs is 1. The molecule has 0 aliphatic carbocycles. The number of carbonyl (C=O) groups is 2. The van der Waals surface area contributed by atoms with Gasteiger partial charge >= 0.3 is 0 Å². The first-order chi connectivity index (χ1) is 17.0. The highest BCUT2D eigenvalue weighted by molar-refractivity contribution is 5.88. The van der Waals surface area contributed by atoms with Crippen molar-refractivity contribution in [2.75, 3.05) is 40.0 Å². The van der Waals surface area contributed by atoms with Crippen LogP contribution in [-0.4, -0.2) is 73.7 Å². The first kappa shape index (κ1) is 23.6. The summed E-state index contributed by atoms with van der Waals surface area (Å²) in [4.78, 5) is 29.9. The maximum atomic E-state index is 13.1. The smallest absolute Gasteiger partial charge is 0.242 e. The van der Waals surface area contributed by atoms with Gasteiger partial charge in [-0.05, 0) is 55.2 Å². The van der Waals surface area contributed by atoms with Crippen molar-refractivity contribution in [1.29, 1.82) is 0 Å². The van der Waals surface area contributed by atoms with E-state index in [1.165, 1.54) is 5.56 Å². The molecule has 0 spiro atoms. The van der Waals surface area contributed by atoms with E-state index in [9.17, 15) is 9.59 Å². The summed E-state index contributed by atoms with van der Waals surface area (Å²) in [6, 6.07) is 16.4. The van der Waals surface area contributed by atoms with Gasteiger partial charge in [-0.1, -0.05) is 36.1 Å². The number of ether oxygens (including phenoxy) is 2. The quantitative estimate of drug-likeness (QED) is 0.642. The number of piperazine rings is 1. The summed E-state index contributed by atoms with van der Waals surface area (Å²) in [6.07, 6.45) is 1.47. The van der Waals surface area contributed by atoms with Gasteiger partial charge in [-0.3, -0.25) is 9.59 Å². The van der Waals surface area contributed by atoms with E-state index in [0.717, 1.165) is 29.5 Å². The molecule has 0 saturated carbocycles. The average Bonchev–Trinajstić information content (AvgIpc) is 2.87. The number of aryl methyl sites for hydroxylation is 1. The van der Waals surface area contributed by atoms with E-state index >= 15 is 0 Å². The number of hydrogen-bond donors (Lipinski definition) is 0. The van der Waals surface area contributed by atoms with Crippen LogP contribution in [0.2, 0.25) is 0 Å². The van der Waals surface area contributed by atoms with Gasteiger partial charge in [0.15, 0.2) is 0 Å². The average molecular weight is 473 g/mol. The molecule has 35 heavy (non-hydrogen) atoms. The van der Waals surface area contributed by atoms with Crippen LogP contribution >= 0.6 is 0 Å². The number of amides is 2. The molecule has 0 N–H and O–H groups in total. The Morgan fingerprint density at radius 3 is 2.54 bits per heavy atom. The summed E-state index contributed by atoms with van der Waals surface area (Å²) in [5.74, 6) is 6.68. The summed E-state index contributed by atoms with van der Waals surface area (Å²) in [5.41, 5.74) is 4.30. The van der Waals surface area contributed by atoms with Crippen LogP contribution in [0, 0.1) is 24.7 Å². The summed E-state index contributed by atoms with van der Waals surface area (Å²) in [7, 11) is 1.67. The van der Waals surface area contributed by atoms with E-state index in [0.29, 0.717) is 26.4 Å². The lowest BCUT2D eigenvalue weighted by molar-refractivity contribution is -0.169. The fraction of sp³-hybridized carbons (Fsp3) is 0.448. The number of methoxy groups -OCH3 is 1. The Morgan fingerprint density at radius 1 is 1.09 bits per heavy atom. The number of nitrogens with zero attached hydrogens (tertiary/aromatic N) is 2. The van der Waals surface area contributed by atoms with E-state index in [1.807, 2.05) is 29.2 Å². The number of carbonyl (C=O) groups excluding carboxylic acids is 2. The molecule has 5 rings (SSSR count). The third-order valence-electron chi connectivity index (χ3n) is 7.45. The molecule has 6 nitrogen and oxygen atoms in total. The second-order valence-corrected chi connectivity index (χ2v) is 9.76. The van der Waals surface area contributed by atoms with E-state index in [2.05, 4.69) is 43.0 Å². The van der Waals surface area contributed by atoms with Crippen LogP contribution in [0.3, 0.4) is 0 Å². The van der Waals surface area contributed by atoms with Crippen molar-refractivity contribution in [2.24, 2.45) is 5.92 Å². The Labute approximate surface area is 207 Å². The van der Waals surface area contributed by atoms with Crippen molar-refractivity contribution >= 4 is 11.8 Å². The topological polar surface area (TPSA) is 59.1 Å². The van der Waals surface area contributed by atoms with Gasteiger partial charge in [0.1, 0.15) is 0 Å². The predicted octanol–water partition coefficient (Wildman–Crippen LogP) is 2.97. The van der Waals surface area contributed by atoms with Crippen molar-refractivity contribution in [3.05, 3.63) is 70.8 Å². The number of hydrogen-bond acceptors (Lipinski definition) is 4. The first-order valence-corrected chi connectivity index (χ1v) is 12.4. The first-order valence-electron chi connectivity index (χ1n) is 12.4. The van der Waals surface area contributed by atoms with Crippen LogP contribution in [0.1, 0.15) is 41.0 Å². The minimum absolute atomic E-state index is 0.0120. The molecule has 182 valence electrons. The summed E-state index contributed by atoms with van der Waals surface area (Å²) in [6.45, 7) is 4.51. The molecule has 0 unspecified atom stereocenters. The summed E-state index contributed by atoms with van der Waals surface area (Å²) in [5, 5.41) is 0. The van der Waals surface area contributed by atoms with Crippen LogP contribution in [0.4, 0.5) is 0 Å². The molecule has 3 saturated heterocycles. The molecule has 3 heterocycles. The Hall–Kier alpha value is -3.14. The van der Waals surface area contributed by atoms with E-state index < -0.39 is 0 Å². The normalized spacial score (nSPS) is 24.3. The minimum atomic E-state index is -0.0392. The van der Waals surface area contributed by atoms with Crippen molar-refractivity contribution in [2.45, 2.75) is 37.8 Å². The van der Waals surface area contributed by atoms with Gasteiger partial charge in [0.05, 0.1) is 25.2 Å². The van der Waals surface area contributed by atoms with Gasteiger partial charge in [-0.15, -0.1) is 0 Å². The van der Waals surface area contributed by atoms with Crippen molar-refractivity contribution in [3.8, 4) is 11.8 Å². The van der Waals surface area contributed by atoms with Crippen molar-refractivity contribution < 1.29 is 19.1 Å². The third kappa shape index (κ3) is 4.84. The summed E-state index contributed by atoms with van der Waals surface area (Å²) < 4.78 is 10.9. The fourth-order valence-electron chi connectivity index (χ4n) is 5.68. The maximum absolute atomic E-state index is 13.1. The summed E-state index contributed by atoms with van der Waals surface area (Å²) >= 11 is 0. The van der Waals surface area contributed by atoms with Crippen molar-refractivity contribution in [1.82, 2.24) is 9.80 Å². The minimum Gasteiger partial charge on any atom is -0.383 e. The SMILES string of the molecule is COC[C@@H]1[C@H](c2ccc(C#Cc3cccc(C)c3)cc2)[C@H]2CN(C(=O)C3CCOCC3)CC(=O)N12. The van der Waals surface area contributed by atoms with E-state index in [4.69, 9.17) is 9.47 Å². The van der Waals surface area contributed by atoms with Gasteiger partial charge in [0.25, 0.3) is 0 Å². The highest BCUT2D eigenvalue weighted by atomic mass is 16.5. The highest BCUT2D eigenvalue weighted by Gasteiger charge is 2.55. The Morgan fingerprint density at radius 2 is 1.83 bits per heavy atom. The maximum Gasteiger partial charge on any atom is 0.242 e.